The fourth-order valence-electron chi connectivity index (χ4n) is 2.10. The van der Waals surface area contributed by atoms with Crippen molar-refractivity contribution in [2.45, 2.75) is 19.3 Å². The maximum atomic E-state index is 11.6. The molecule has 1 aliphatic carbocycles. The molecule has 1 aliphatic heterocycles. The maximum absolute atomic E-state index is 11.6. The van der Waals surface area contributed by atoms with Gasteiger partial charge in [-0.1, -0.05) is 0 Å². The highest BCUT2D eigenvalue weighted by Crippen LogP contribution is 2.40. The number of carbonyl (C=O) groups is 1. The Morgan fingerprint density at radius 3 is 3.00 bits per heavy atom. The smallest absolute Gasteiger partial charge is 0.231 e. The summed E-state index contributed by atoms with van der Waals surface area (Å²) in [6.07, 6.45) is 2.51. The second-order valence-electron chi connectivity index (χ2n) is 3.60. The zero-order valence-corrected chi connectivity index (χ0v) is 7.71. The van der Waals surface area contributed by atoms with Crippen molar-refractivity contribution in [2.24, 2.45) is 0 Å². The molecule has 0 unspecified atom stereocenters. The van der Waals surface area contributed by atoms with Gasteiger partial charge in [-0.3, -0.25) is 4.79 Å². The van der Waals surface area contributed by atoms with Gasteiger partial charge >= 0.3 is 0 Å². The second kappa shape index (κ2) is 2.74. The third-order valence-corrected chi connectivity index (χ3v) is 2.77. The van der Waals surface area contributed by atoms with E-state index < -0.39 is 0 Å². The Morgan fingerprint density at radius 1 is 1.14 bits per heavy atom. The number of fused-ring (bicyclic) bond motifs is 3. The van der Waals surface area contributed by atoms with E-state index >= 15 is 0 Å². The zero-order chi connectivity index (χ0) is 9.54. The van der Waals surface area contributed by atoms with Crippen molar-refractivity contribution in [3.8, 4) is 11.5 Å². The molecule has 72 valence electrons. The number of benzene rings is 1. The van der Waals surface area contributed by atoms with Gasteiger partial charge in [0.25, 0.3) is 0 Å². The van der Waals surface area contributed by atoms with E-state index in [1.165, 1.54) is 0 Å². The van der Waals surface area contributed by atoms with Crippen molar-refractivity contribution in [3.63, 3.8) is 0 Å². The van der Waals surface area contributed by atoms with E-state index in [9.17, 15) is 4.79 Å². The summed E-state index contributed by atoms with van der Waals surface area (Å²) in [4.78, 5) is 11.6. The molecule has 1 heterocycles. The summed E-state index contributed by atoms with van der Waals surface area (Å²) in [6, 6.07) is 3.68. The molecule has 1 aromatic carbocycles. The van der Waals surface area contributed by atoms with Gasteiger partial charge in [-0.25, -0.2) is 0 Å². The lowest BCUT2D eigenvalue weighted by molar-refractivity contribution is 0.0971. The Morgan fingerprint density at radius 2 is 2.07 bits per heavy atom. The van der Waals surface area contributed by atoms with E-state index in [0.29, 0.717) is 6.42 Å². The van der Waals surface area contributed by atoms with Crippen LogP contribution in [-0.2, 0) is 6.42 Å². The first-order valence-electron chi connectivity index (χ1n) is 4.81. The molecule has 0 amide bonds. The van der Waals surface area contributed by atoms with Crippen LogP contribution in [0.4, 0.5) is 0 Å². The molecule has 3 rings (SSSR count). The molecule has 3 nitrogen and oxygen atoms in total. The molecular formula is C11H10O3. The molecule has 0 radical (unpaired) electrons. The van der Waals surface area contributed by atoms with Gasteiger partial charge in [0.2, 0.25) is 6.79 Å². The van der Waals surface area contributed by atoms with Gasteiger partial charge in [0.1, 0.15) is 0 Å². The molecule has 0 N–H and O–H groups in total. The number of hydrogen-bond donors (Lipinski definition) is 0. The van der Waals surface area contributed by atoms with Crippen molar-refractivity contribution in [1.82, 2.24) is 0 Å². The van der Waals surface area contributed by atoms with Crippen molar-refractivity contribution in [2.75, 3.05) is 6.79 Å². The Labute approximate surface area is 81.6 Å². The number of ketones is 1. The first kappa shape index (κ1) is 7.85. The summed E-state index contributed by atoms with van der Waals surface area (Å²) in [5.74, 6) is 1.79. The monoisotopic (exact) mass is 190 g/mol. The van der Waals surface area contributed by atoms with Gasteiger partial charge in [-0.15, -0.1) is 0 Å². The number of Topliss-reactive ketones (excluding diaryl/α,β-unsaturated/α-hetero) is 1. The molecule has 0 saturated heterocycles. The summed E-state index contributed by atoms with van der Waals surface area (Å²) in [7, 11) is 0. The summed E-state index contributed by atoms with van der Waals surface area (Å²) >= 11 is 0. The summed E-state index contributed by atoms with van der Waals surface area (Å²) in [5, 5.41) is 0. The topological polar surface area (TPSA) is 35.5 Å². The van der Waals surface area contributed by atoms with Crippen molar-refractivity contribution >= 4 is 5.78 Å². The van der Waals surface area contributed by atoms with Gasteiger partial charge in [-0.2, -0.15) is 0 Å². The highest BCUT2D eigenvalue weighted by molar-refractivity contribution is 5.99. The van der Waals surface area contributed by atoms with Crippen molar-refractivity contribution in [3.05, 3.63) is 23.3 Å². The van der Waals surface area contributed by atoms with E-state index in [0.717, 1.165) is 35.5 Å². The Hall–Kier alpha value is -1.51. The highest BCUT2D eigenvalue weighted by Gasteiger charge is 2.25. The summed E-state index contributed by atoms with van der Waals surface area (Å²) in [5.41, 5.74) is 1.86. The van der Waals surface area contributed by atoms with Crippen LogP contribution in [0.1, 0.15) is 28.8 Å². The van der Waals surface area contributed by atoms with E-state index in [1.807, 2.05) is 12.1 Å². The number of hydrogen-bond acceptors (Lipinski definition) is 3. The fraction of sp³-hybridized carbons (Fsp3) is 0.364. The standard InChI is InChI=1S/C11H10O3/c12-9-3-1-2-8-7(9)4-5-10-11(8)14-6-13-10/h4-5H,1-3,6H2. The molecule has 0 saturated carbocycles. The summed E-state index contributed by atoms with van der Waals surface area (Å²) in [6.45, 7) is 0.278. The van der Waals surface area contributed by atoms with Crippen LogP contribution in [0.15, 0.2) is 12.1 Å². The minimum atomic E-state index is 0.226. The molecule has 0 aromatic heterocycles. The Bertz CT molecular complexity index is 409. The van der Waals surface area contributed by atoms with Crippen LogP contribution < -0.4 is 9.47 Å². The fourth-order valence-corrected chi connectivity index (χ4v) is 2.10. The predicted molar refractivity (Wildman–Crippen MR) is 49.8 cm³/mol. The van der Waals surface area contributed by atoms with E-state index in [2.05, 4.69) is 0 Å². The van der Waals surface area contributed by atoms with Crippen molar-refractivity contribution in [1.29, 1.82) is 0 Å². The minimum Gasteiger partial charge on any atom is -0.454 e. The molecule has 3 heteroatoms. The molecular weight excluding hydrogens is 180 g/mol. The maximum Gasteiger partial charge on any atom is 0.231 e. The number of carbonyl (C=O) groups excluding carboxylic acids is 1. The van der Waals surface area contributed by atoms with Gasteiger partial charge < -0.3 is 9.47 Å². The van der Waals surface area contributed by atoms with Gasteiger partial charge in [0.05, 0.1) is 0 Å². The largest absolute Gasteiger partial charge is 0.454 e. The lowest BCUT2D eigenvalue weighted by Gasteiger charge is -2.15. The molecule has 1 aromatic rings. The highest BCUT2D eigenvalue weighted by atomic mass is 16.7. The number of rotatable bonds is 0. The second-order valence-corrected chi connectivity index (χ2v) is 3.60. The van der Waals surface area contributed by atoms with Crippen LogP contribution in [-0.4, -0.2) is 12.6 Å². The normalized spacial score (nSPS) is 18.1. The van der Waals surface area contributed by atoms with E-state index in [4.69, 9.17) is 9.47 Å². The summed E-state index contributed by atoms with van der Waals surface area (Å²) < 4.78 is 10.6. The van der Waals surface area contributed by atoms with E-state index in [-0.39, 0.29) is 12.6 Å². The lowest BCUT2D eigenvalue weighted by Crippen LogP contribution is -2.11. The van der Waals surface area contributed by atoms with Crippen LogP contribution in [0.2, 0.25) is 0 Å². The molecule has 2 aliphatic rings. The Balaban J connectivity index is 2.22. The average Bonchev–Trinajstić information content (AvgIpc) is 2.66. The van der Waals surface area contributed by atoms with Crippen LogP contribution in [0.5, 0.6) is 11.5 Å². The third kappa shape index (κ3) is 0.953. The van der Waals surface area contributed by atoms with Crippen LogP contribution in [0, 0.1) is 0 Å². The Kier molecular flexibility index (Phi) is 1.54. The third-order valence-electron chi connectivity index (χ3n) is 2.77. The SMILES string of the molecule is O=C1CCCc2c1ccc1c2OCO1. The van der Waals surface area contributed by atoms with Gasteiger partial charge in [0.15, 0.2) is 17.3 Å². The van der Waals surface area contributed by atoms with Crippen LogP contribution in [0.25, 0.3) is 0 Å². The van der Waals surface area contributed by atoms with Gasteiger partial charge in [-0.05, 0) is 25.0 Å². The van der Waals surface area contributed by atoms with E-state index in [1.54, 1.807) is 0 Å². The van der Waals surface area contributed by atoms with Crippen LogP contribution in [0.3, 0.4) is 0 Å². The van der Waals surface area contributed by atoms with Gasteiger partial charge in [0, 0.05) is 17.5 Å². The molecule has 0 spiro atoms. The first-order chi connectivity index (χ1) is 6.86. The average molecular weight is 190 g/mol. The predicted octanol–water partition coefficient (Wildman–Crippen LogP) is 1.93. The zero-order valence-electron chi connectivity index (χ0n) is 7.71. The lowest BCUT2D eigenvalue weighted by atomic mass is 9.90. The quantitative estimate of drug-likeness (QED) is 0.627. The molecule has 14 heavy (non-hydrogen) atoms. The first-order valence-corrected chi connectivity index (χ1v) is 4.81. The molecule has 0 atom stereocenters. The molecule has 0 fully saturated rings. The minimum absolute atomic E-state index is 0.226. The molecule has 0 bridgehead atoms. The van der Waals surface area contributed by atoms with Crippen molar-refractivity contribution < 1.29 is 14.3 Å². The number of ether oxygens (including phenoxy) is 2. The van der Waals surface area contributed by atoms with Crippen LogP contribution >= 0.6 is 0 Å².